The van der Waals surface area contributed by atoms with Crippen LogP contribution >= 0.6 is 0 Å². The van der Waals surface area contributed by atoms with E-state index in [0.29, 0.717) is 29.4 Å². The molecule has 0 spiro atoms. The molecule has 2 aromatic heterocycles. The van der Waals surface area contributed by atoms with Gasteiger partial charge in [-0.05, 0) is 67.6 Å². The fourth-order valence-electron chi connectivity index (χ4n) is 4.69. The molecule has 1 saturated heterocycles. The van der Waals surface area contributed by atoms with Crippen LogP contribution in [0, 0.1) is 5.92 Å². The number of nitrogens with one attached hydrogen (secondary N) is 1. The Morgan fingerprint density at radius 2 is 1.79 bits per heavy atom. The Morgan fingerprint density at radius 3 is 2.38 bits per heavy atom. The first-order valence-corrected chi connectivity index (χ1v) is 13.6. The molecule has 1 unspecified atom stereocenters. The van der Waals surface area contributed by atoms with Crippen molar-refractivity contribution in [1.29, 1.82) is 0 Å². The number of carbonyl (C=O) groups is 1. The monoisotopic (exact) mass is 559 g/mol. The molecular formula is C27H28F3N5O3S. The number of nitrogen functional groups attached to an aromatic ring is 1. The number of halogens is 3. The minimum absolute atomic E-state index is 0.0177. The number of nitrogens with two attached hydrogens (primary N) is 1. The first-order chi connectivity index (χ1) is 18.2. The average Bonchev–Trinajstić information content (AvgIpc) is 3.13. The lowest BCUT2D eigenvalue weighted by Gasteiger charge is -2.33. The Morgan fingerprint density at radius 1 is 1.13 bits per heavy atom. The number of hydrogen-bond acceptors (Lipinski definition) is 7. The van der Waals surface area contributed by atoms with E-state index in [1.54, 1.807) is 12.2 Å². The van der Waals surface area contributed by atoms with Crippen LogP contribution in [0.2, 0.25) is 0 Å². The Balaban J connectivity index is 1.70. The van der Waals surface area contributed by atoms with Gasteiger partial charge in [0.1, 0.15) is 11.6 Å². The molecule has 1 aliphatic rings. The SMILES string of the molecule is CC1CN(c2ncc(C=Cc3ccc(C(F)(F)F)cc3)cc2C(=O)NS(=O)(=O)c2cccc(N)n2)C(C)(C)C1. The summed E-state index contributed by atoms with van der Waals surface area (Å²) in [5.74, 6) is -0.279. The number of hydrogen-bond donors (Lipinski definition) is 2. The zero-order valence-corrected chi connectivity index (χ0v) is 22.3. The maximum atomic E-state index is 13.4. The third kappa shape index (κ3) is 6.39. The number of amides is 1. The highest BCUT2D eigenvalue weighted by Crippen LogP contribution is 2.37. The predicted molar refractivity (Wildman–Crippen MR) is 143 cm³/mol. The van der Waals surface area contributed by atoms with Gasteiger partial charge in [0.2, 0.25) is 0 Å². The zero-order valence-electron chi connectivity index (χ0n) is 21.5. The largest absolute Gasteiger partial charge is 0.416 e. The summed E-state index contributed by atoms with van der Waals surface area (Å²) in [5, 5.41) is -0.404. The summed E-state index contributed by atoms with van der Waals surface area (Å²) in [7, 11) is -4.34. The Bertz CT molecular complexity index is 1520. The highest BCUT2D eigenvalue weighted by Gasteiger charge is 2.39. The molecule has 1 fully saturated rings. The number of anilines is 2. The second kappa shape index (κ2) is 10.3. The van der Waals surface area contributed by atoms with Crippen LogP contribution in [0.4, 0.5) is 24.8 Å². The second-order valence-electron chi connectivity index (χ2n) is 10.2. The van der Waals surface area contributed by atoms with E-state index < -0.39 is 32.7 Å². The van der Waals surface area contributed by atoms with Crippen molar-refractivity contribution in [3.63, 3.8) is 0 Å². The smallest absolute Gasteiger partial charge is 0.384 e. The normalized spacial score (nSPS) is 17.5. The number of aromatic nitrogens is 2. The Labute approximate surface area is 224 Å². The maximum Gasteiger partial charge on any atom is 0.416 e. The molecule has 0 aliphatic carbocycles. The van der Waals surface area contributed by atoms with Crippen LogP contribution in [0.15, 0.2) is 59.8 Å². The summed E-state index contributed by atoms with van der Waals surface area (Å²) in [6, 6.07) is 10.2. The lowest BCUT2D eigenvalue weighted by molar-refractivity contribution is -0.137. The van der Waals surface area contributed by atoms with Crippen molar-refractivity contribution >= 4 is 39.7 Å². The number of benzene rings is 1. The Hall–Kier alpha value is -3.93. The van der Waals surface area contributed by atoms with Crippen LogP contribution in [-0.4, -0.2) is 36.4 Å². The standard InChI is InChI=1S/C27H28F3N5O3S/c1-17-14-26(2,3)35(16-17)24-21(25(36)34-39(37,38)23-6-4-5-22(31)33-23)13-19(15-32-24)8-7-18-9-11-20(12-10-18)27(28,29)30/h4-13,15,17H,14,16H2,1-3H3,(H2,31,33)(H,34,36). The van der Waals surface area contributed by atoms with Gasteiger partial charge in [0.15, 0.2) is 5.03 Å². The van der Waals surface area contributed by atoms with E-state index in [4.69, 9.17) is 5.73 Å². The molecule has 1 amide bonds. The van der Waals surface area contributed by atoms with Crippen molar-refractivity contribution in [3.8, 4) is 0 Å². The van der Waals surface area contributed by atoms with Crippen LogP contribution in [-0.2, 0) is 16.2 Å². The summed E-state index contributed by atoms with van der Waals surface area (Å²) in [6.07, 6.45) is 1.10. The third-order valence-corrected chi connectivity index (χ3v) is 7.65. The molecule has 3 N–H and O–H groups in total. The lowest BCUT2D eigenvalue weighted by atomic mass is 9.97. The fraction of sp³-hybridized carbons (Fsp3) is 0.296. The van der Waals surface area contributed by atoms with Crippen molar-refractivity contribution in [1.82, 2.24) is 14.7 Å². The first-order valence-electron chi connectivity index (χ1n) is 12.1. The molecule has 0 saturated carbocycles. The van der Waals surface area contributed by atoms with Gasteiger partial charge in [0.05, 0.1) is 11.1 Å². The molecule has 206 valence electrons. The topological polar surface area (TPSA) is 118 Å². The summed E-state index contributed by atoms with van der Waals surface area (Å²) >= 11 is 0. The first kappa shape index (κ1) is 28.1. The summed E-state index contributed by atoms with van der Waals surface area (Å²) in [4.78, 5) is 23.7. The van der Waals surface area contributed by atoms with Gasteiger partial charge < -0.3 is 10.6 Å². The molecule has 0 bridgehead atoms. The lowest BCUT2D eigenvalue weighted by Crippen LogP contribution is -2.41. The van der Waals surface area contributed by atoms with Crippen molar-refractivity contribution in [2.24, 2.45) is 5.92 Å². The molecular weight excluding hydrogens is 531 g/mol. The van der Waals surface area contributed by atoms with E-state index in [1.807, 2.05) is 18.7 Å². The van der Waals surface area contributed by atoms with Crippen LogP contribution in [0.5, 0.6) is 0 Å². The zero-order chi connectivity index (χ0) is 28.6. The van der Waals surface area contributed by atoms with Crippen molar-refractivity contribution in [2.75, 3.05) is 17.2 Å². The number of pyridine rings is 2. The molecule has 1 aromatic carbocycles. The minimum atomic E-state index is -4.44. The van der Waals surface area contributed by atoms with Crippen molar-refractivity contribution in [3.05, 3.63) is 77.0 Å². The minimum Gasteiger partial charge on any atom is -0.384 e. The highest BCUT2D eigenvalue weighted by atomic mass is 32.2. The molecule has 3 heterocycles. The molecule has 4 rings (SSSR count). The third-order valence-electron chi connectivity index (χ3n) is 6.41. The molecule has 0 radical (unpaired) electrons. The van der Waals surface area contributed by atoms with E-state index in [9.17, 15) is 26.4 Å². The van der Waals surface area contributed by atoms with Gasteiger partial charge in [-0.25, -0.2) is 14.7 Å². The predicted octanol–water partition coefficient (Wildman–Crippen LogP) is 4.99. The van der Waals surface area contributed by atoms with E-state index in [1.165, 1.54) is 42.6 Å². The van der Waals surface area contributed by atoms with Crippen molar-refractivity contribution < 1.29 is 26.4 Å². The quantitative estimate of drug-likeness (QED) is 0.437. The summed E-state index contributed by atoms with van der Waals surface area (Å²) in [6.45, 7) is 6.74. The van der Waals surface area contributed by atoms with Crippen LogP contribution in [0.3, 0.4) is 0 Å². The highest BCUT2D eigenvalue weighted by molar-refractivity contribution is 7.90. The van der Waals surface area contributed by atoms with Gasteiger partial charge in [-0.1, -0.05) is 37.3 Å². The van der Waals surface area contributed by atoms with Crippen molar-refractivity contribution in [2.45, 2.75) is 43.9 Å². The van der Waals surface area contributed by atoms with Crippen LogP contribution in [0.25, 0.3) is 12.2 Å². The molecule has 12 heteroatoms. The number of rotatable bonds is 6. The maximum absolute atomic E-state index is 13.4. The van der Waals surface area contributed by atoms with Gasteiger partial charge in [-0.2, -0.15) is 21.6 Å². The van der Waals surface area contributed by atoms with Crippen LogP contribution < -0.4 is 15.4 Å². The van der Waals surface area contributed by atoms with Crippen LogP contribution in [0.1, 0.15) is 54.2 Å². The molecule has 1 aliphatic heterocycles. The van der Waals surface area contributed by atoms with E-state index in [-0.39, 0.29) is 16.9 Å². The molecule has 8 nitrogen and oxygen atoms in total. The van der Waals surface area contributed by atoms with Gasteiger partial charge in [-0.15, -0.1) is 0 Å². The van der Waals surface area contributed by atoms with E-state index >= 15 is 0 Å². The summed E-state index contributed by atoms with van der Waals surface area (Å²) in [5.41, 5.74) is 5.49. The molecule has 1 atom stereocenters. The number of sulfonamides is 1. The van der Waals surface area contributed by atoms with Gasteiger partial charge in [0, 0.05) is 18.3 Å². The van der Waals surface area contributed by atoms with E-state index in [2.05, 4.69) is 21.6 Å². The summed E-state index contributed by atoms with van der Waals surface area (Å²) < 4.78 is 66.4. The fourth-order valence-corrected chi connectivity index (χ4v) is 5.63. The van der Waals surface area contributed by atoms with Gasteiger partial charge in [0.25, 0.3) is 15.9 Å². The number of alkyl halides is 3. The van der Waals surface area contributed by atoms with Gasteiger partial charge >= 0.3 is 6.18 Å². The number of nitrogens with zero attached hydrogens (tertiary/aromatic N) is 3. The second-order valence-corrected chi connectivity index (χ2v) is 11.8. The van der Waals surface area contributed by atoms with Gasteiger partial charge in [-0.3, -0.25) is 4.79 Å². The molecule has 39 heavy (non-hydrogen) atoms. The molecule has 3 aromatic rings. The Kier molecular flexibility index (Phi) is 7.44. The average molecular weight is 560 g/mol. The number of carbonyl (C=O) groups excluding carboxylic acids is 1. The van der Waals surface area contributed by atoms with E-state index in [0.717, 1.165) is 18.6 Å².